The molecule has 0 aliphatic rings. The van der Waals surface area contributed by atoms with Gasteiger partial charge in [0.1, 0.15) is 0 Å². The third-order valence-corrected chi connectivity index (χ3v) is 4.58. The zero-order valence-corrected chi connectivity index (χ0v) is 14.9. The Morgan fingerprint density at radius 2 is 0.850 bits per heavy atom. The van der Waals surface area contributed by atoms with Crippen molar-refractivity contribution < 1.29 is 0 Å². The summed E-state index contributed by atoms with van der Waals surface area (Å²) in [5.41, 5.74) is 0. The van der Waals surface area contributed by atoms with Gasteiger partial charge in [-0.3, -0.25) is 0 Å². The molecule has 0 aromatic rings. The molecule has 122 valence electrons. The second kappa shape index (κ2) is 17.1. The SMILES string of the molecule is CCCCCCCCCCCCCCC[C@H](C)CCC. The minimum atomic E-state index is 0.965. The molecule has 0 rings (SSSR count). The molecule has 0 amide bonds. The molecular formula is C20H42. The van der Waals surface area contributed by atoms with E-state index >= 15 is 0 Å². The van der Waals surface area contributed by atoms with Crippen molar-refractivity contribution in [1.82, 2.24) is 0 Å². The summed E-state index contributed by atoms with van der Waals surface area (Å²) in [7, 11) is 0. The molecule has 0 bridgehead atoms. The van der Waals surface area contributed by atoms with Gasteiger partial charge in [0, 0.05) is 0 Å². The van der Waals surface area contributed by atoms with Crippen molar-refractivity contribution in [2.45, 2.75) is 124 Å². The van der Waals surface area contributed by atoms with Crippen LogP contribution >= 0.6 is 0 Å². The van der Waals surface area contributed by atoms with E-state index in [1.807, 2.05) is 0 Å². The first-order valence-electron chi connectivity index (χ1n) is 9.81. The Bertz CT molecular complexity index is 161. The van der Waals surface area contributed by atoms with E-state index in [2.05, 4.69) is 20.8 Å². The molecule has 0 aliphatic heterocycles. The van der Waals surface area contributed by atoms with E-state index in [0.29, 0.717) is 0 Å². The van der Waals surface area contributed by atoms with E-state index in [1.165, 1.54) is 103 Å². The first-order valence-corrected chi connectivity index (χ1v) is 9.81. The molecule has 1 atom stereocenters. The quantitative estimate of drug-likeness (QED) is 0.252. The van der Waals surface area contributed by atoms with Crippen LogP contribution in [0.25, 0.3) is 0 Å². The van der Waals surface area contributed by atoms with Gasteiger partial charge in [0.15, 0.2) is 0 Å². The van der Waals surface area contributed by atoms with Crippen LogP contribution in [0, 0.1) is 5.92 Å². The van der Waals surface area contributed by atoms with Gasteiger partial charge in [-0.2, -0.15) is 0 Å². The maximum Gasteiger partial charge on any atom is -0.0443 e. The molecule has 0 aromatic carbocycles. The summed E-state index contributed by atoms with van der Waals surface area (Å²) >= 11 is 0. The topological polar surface area (TPSA) is 0 Å². The molecule has 0 fully saturated rings. The van der Waals surface area contributed by atoms with Crippen molar-refractivity contribution in [2.24, 2.45) is 5.92 Å². The minimum Gasteiger partial charge on any atom is -0.0654 e. The van der Waals surface area contributed by atoms with Gasteiger partial charge in [0.2, 0.25) is 0 Å². The standard InChI is InChI=1S/C20H42/c1-4-6-7-8-9-10-11-12-13-14-15-16-17-19-20(3)18-5-2/h20H,4-19H2,1-3H3/t20-/m1/s1. The van der Waals surface area contributed by atoms with Crippen molar-refractivity contribution in [3.8, 4) is 0 Å². The highest BCUT2D eigenvalue weighted by atomic mass is 14.1. The summed E-state index contributed by atoms with van der Waals surface area (Å²) in [4.78, 5) is 0. The average molecular weight is 283 g/mol. The lowest BCUT2D eigenvalue weighted by molar-refractivity contribution is 0.450. The Balaban J connectivity index is 2.99. The lowest BCUT2D eigenvalue weighted by atomic mass is 9.98. The van der Waals surface area contributed by atoms with Crippen LogP contribution in [-0.2, 0) is 0 Å². The van der Waals surface area contributed by atoms with Gasteiger partial charge in [0.05, 0.1) is 0 Å². The molecule has 0 aliphatic carbocycles. The van der Waals surface area contributed by atoms with Gasteiger partial charge in [-0.25, -0.2) is 0 Å². The molecule has 20 heavy (non-hydrogen) atoms. The summed E-state index contributed by atoms with van der Waals surface area (Å²) < 4.78 is 0. The average Bonchev–Trinajstić information content (AvgIpc) is 2.44. The van der Waals surface area contributed by atoms with Crippen LogP contribution in [0.5, 0.6) is 0 Å². The van der Waals surface area contributed by atoms with Gasteiger partial charge in [-0.05, 0) is 5.92 Å². The molecule has 0 saturated carbocycles. The molecule has 0 nitrogen and oxygen atoms in total. The summed E-state index contributed by atoms with van der Waals surface area (Å²) in [6.07, 6.45) is 23.3. The number of rotatable bonds is 16. The Kier molecular flexibility index (Phi) is 17.1. The maximum absolute atomic E-state index is 2.42. The fourth-order valence-electron chi connectivity index (χ4n) is 3.15. The van der Waals surface area contributed by atoms with Crippen LogP contribution in [0.2, 0.25) is 0 Å². The van der Waals surface area contributed by atoms with E-state index in [-0.39, 0.29) is 0 Å². The maximum atomic E-state index is 2.42. The van der Waals surface area contributed by atoms with Crippen LogP contribution in [0.1, 0.15) is 124 Å². The zero-order valence-electron chi connectivity index (χ0n) is 14.9. The van der Waals surface area contributed by atoms with E-state index in [4.69, 9.17) is 0 Å². The van der Waals surface area contributed by atoms with Crippen molar-refractivity contribution in [2.75, 3.05) is 0 Å². The Morgan fingerprint density at radius 3 is 1.25 bits per heavy atom. The highest BCUT2D eigenvalue weighted by Gasteiger charge is 2.00. The normalized spacial score (nSPS) is 12.8. The number of unbranched alkanes of at least 4 members (excludes halogenated alkanes) is 12. The molecule has 0 heteroatoms. The Hall–Kier alpha value is 0. The van der Waals surface area contributed by atoms with Gasteiger partial charge in [0.25, 0.3) is 0 Å². The van der Waals surface area contributed by atoms with Crippen LogP contribution in [0.15, 0.2) is 0 Å². The number of hydrogen-bond acceptors (Lipinski definition) is 0. The van der Waals surface area contributed by atoms with Crippen molar-refractivity contribution in [3.63, 3.8) is 0 Å². The molecule has 0 unspecified atom stereocenters. The monoisotopic (exact) mass is 282 g/mol. The zero-order chi connectivity index (χ0) is 14.9. The molecule has 0 aromatic heterocycles. The predicted octanol–water partition coefficient (Wildman–Crippen LogP) is 7.90. The Morgan fingerprint density at radius 1 is 0.450 bits per heavy atom. The highest BCUT2D eigenvalue weighted by molar-refractivity contribution is 4.54. The van der Waals surface area contributed by atoms with Crippen molar-refractivity contribution in [3.05, 3.63) is 0 Å². The summed E-state index contributed by atoms with van der Waals surface area (Å²) in [5.74, 6) is 0.965. The van der Waals surface area contributed by atoms with Gasteiger partial charge in [-0.1, -0.05) is 124 Å². The third kappa shape index (κ3) is 16.1. The van der Waals surface area contributed by atoms with Crippen molar-refractivity contribution in [1.29, 1.82) is 0 Å². The fraction of sp³-hybridized carbons (Fsp3) is 1.00. The molecule has 0 heterocycles. The smallest absolute Gasteiger partial charge is 0.0443 e. The van der Waals surface area contributed by atoms with Crippen LogP contribution in [0.3, 0.4) is 0 Å². The van der Waals surface area contributed by atoms with Gasteiger partial charge in [-0.15, -0.1) is 0 Å². The molecule has 0 N–H and O–H groups in total. The second-order valence-electron chi connectivity index (χ2n) is 6.93. The van der Waals surface area contributed by atoms with Crippen LogP contribution < -0.4 is 0 Å². The van der Waals surface area contributed by atoms with E-state index < -0.39 is 0 Å². The van der Waals surface area contributed by atoms with E-state index in [9.17, 15) is 0 Å². The lowest BCUT2D eigenvalue weighted by Gasteiger charge is -2.09. The second-order valence-corrected chi connectivity index (χ2v) is 6.93. The molecule has 0 spiro atoms. The third-order valence-electron chi connectivity index (χ3n) is 4.58. The van der Waals surface area contributed by atoms with E-state index in [0.717, 1.165) is 5.92 Å². The van der Waals surface area contributed by atoms with Gasteiger partial charge < -0.3 is 0 Å². The predicted molar refractivity (Wildman–Crippen MR) is 94.4 cm³/mol. The molecule has 0 radical (unpaired) electrons. The summed E-state index contributed by atoms with van der Waals surface area (Å²) in [6, 6.07) is 0. The molecular weight excluding hydrogens is 240 g/mol. The summed E-state index contributed by atoms with van der Waals surface area (Å²) in [5, 5.41) is 0. The number of hydrogen-bond donors (Lipinski definition) is 0. The molecule has 0 saturated heterocycles. The van der Waals surface area contributed by atoms with Crippen LogP contribution in [0.4, 0.5) is 0 Å². The fourth-order valence-corrected chi connectivity index (χ4v) is 3.15. The Labute approximate surface area is 130 Å². The van der Waals surface area contributed by atoms with Crippen molar-refractivity contribution >= 4 is 0 Å². The summed E-state index contributed by atoms with van der Waals surface area (Å²) in [6.45, 7) is 7.02. The minimum absolute atomic E-state index is 0.965. The first kappa shape index (κ1) is 20.0. The highest BCUT2D eigenvalue weighted by Crippen LogP contribution is 2.16. The van der Waals surface area contributed by atoms with E-state index in [1.54, 1.807) is 0 Å². The van der Waals surface area contributed by atoms with Crippen LogP contribution in [-0.4, -0.2) is 0 Å². The lowest BCUT2D eigenvalue weighted by Crippen LogP contribution is -1.93. The largest absolute Gasteiger partial charge is 0.0654 e. The van der Waals surface area contributed by atoms with Gasteiger partial charge >= 0.3 is 0 Å². The first-order chi connectivity index (χ1) is 9.81.